The highest BCUT2D eigenvalue weighted by atomic mass is 32.2. The fourth-order valence-corrected chi connectivity index (χ4v) is 4.21. The molecule has 0 aliphatic carbocycles. The van der Waals surface area contributed by atoms with Gasteiger partial charge in [-0.25, -0.2) is 0 Å². The van der Waals surface area contributed by atoms with Crippen LogP contribution in [0.2, 0.25) is 0 Å². The van der Waals surface area contributed by atoms with Gasteiger partial charge in [0.2, 0.25) is 0 Å². The van der Waals surface area contributed by atoms with Gasteiger partial charge in [-0.2, -0.15) is 8.42 Å². The molecule has 3 rings (SSSR count). The number of nitrogens with one attached hydrogen (secondary N) is 1. The van der Waals surface area contributed by atoms with Gasteiger partial charge in [0.1, 0.15) is 16.3 Å². The molecule has 0 aromatic heterocycles. The van der Waals surface area contributed by atoms with E-state index in [-0.39, 0.29) is 22.2 Å². The monoisotopic (exact) mass is 492 g/mol. The highest BCUT2D eigenvalue weighted by Gasteiger charge is 2.19. The van der Waals surface area contributed by atoms with E-state index in [1.165, 1.54) is 24.3 Å². The molecular formula is C27H28N2O5S. The molecule has 35 heavy (non-hydrogen) atoms. The second-order valence-electron chi connectivity index (χ2n) is 7.78. The van der Waals surface area contributed by atoms with Gasteiger partial charge in [-0.05, 0) is 68.8 Å². The van der Waals surface area contributed by atoms with Crippen LogP contribution in [-0.2, 0) is 14.9 Å². The molecule has 7 nitrogen and oxygen atoms in total. The molecule has 1 N–H and O–H groups in total. The molecule has 8 heteroatoms. The molecule has 0 bridgehead atoms. The first-order chi connectivity index (χ1) is 16.7. The SMILES string of the molecule is CCN(CC)C(=O)/C(=C/c1ccc(OS(=O)(=O)c2ccc(C)cc2)cc1)NC(=O)c1ccccc1. The Kier molecular flexibility index (Phi) is 8.43. The van der Waals surface area contributed by atoms with Crippen molar-refractivity contribution in [3.63, 3.8) is 0 Å². The summed E-state index contributed by atoms with van der Waals surface area (Å²) in [5.41, 5.74) is 2.07. The van der Waals surface area contributed by atoms with Gasteiger partial charge >= 0.3 is 10.1 Å². The van der Waals surface area contributed by atoms with E-state index >= 15 is 0 Å². The maximum atomic E-state index is 13.1. The molecule has 0 spiro atoms. The van der Waals surface area contributed by atoms with Crippen molar-refractivity contribution in [2.24, 2.45) is 0 Å². The first kappa shape index (κ1) is 25.7. The summed E-state index contributed by atoms with van der Waals surface area (Å²) < 4.78 is 30.3. The summed E-state index contributed by atoms with van der Waals surface area (Å²) in [7, 11) is -3.98. The summed E-state index contributed by atoms with van der Waals surface area (Å²) in [6.07, 6.45) is 1.56. The zero-order valence-corrected chi connectivity index (χ0v) is 20.7. The lowest BCUT2D eigenvalue weighted by Gasteiger charge is -2.21. The van der Waals surface area contributed by atoms with Gasteiger partial charge in [-0.15, -0.1) is 0 Å². The van der Waals surface area contributed by atoms with Crippen molar-refractivity contribution in [3.05, 3.63) is 101 Å². The number of amides is 2. The summed E-state index contributed by atoms with van der Waals surface area (Å²) in [6, 6.07) is 21.2. The minimum atomic E-state index is -3.98. The number of nitrogens with zero attached hydrogens (tertiary/aromatic N) is 1. The van der Waals surface area contributed by atoms with E-state index in [1.807, 2.05) is 20.8 Å². The van der Waals surface area contributed by atoms with Crippen LogP contribution >= 0.6 is 0 Å². The molecule has 0 saturated carbocycles. The third-order valence-corrected chi connectivity index (χ3v) is 6.53. The first-order valence-corrected chi connectivity index (χ1v) is 12.6. The van der Waals surface area contributed by atoms with Crippen LogP contribution in [0.1, 0.15) is 35.3 Å². The number of carbonyl (C=O) groups is 2. The summed E-state index contributed by atoms with van der Waals surface area (Å²) in [4.78, 5) is 27.4. The van der Waals surface area contributed by atoms with E-state index < -0.39 is 16.0 Å². The largest absolute Gasteiger partial charge is 0.379 e. The van der Waals surface area contributed by atoms with E-state index in [1.54, 1.807) is 65.6 Å². The van der Waals surface area contributed by atoms with Gasteiger partial charge in [-0.1, -0.05) is 48.0 Å². The number of benzene rings is 3. The van der Waals surface area contributed by atoms with Gasteiger partial charge in [0, 0.05) is 18.7 Å². The molecule has 3 aromatic carbocycles. The molecule has 3 aromatic rings. The standard InChI is InChI=1S/C27H28N2O5S/c1-4-29(5-2)27(31)25(28-26(30)22-9-7-6-8-10-22)19-21-13-15-23(16-14-21)34-35(32,33)24-17-11-20(3)12-18-24/h6-19H,4-5H2,1-3H3,(H,28,30)/b25-19-. The molecule has 0 unspecified atom stereocenters. The molecule has 182 valence electrons. The van der Waals surface area contributed by atoms with Crippen LogP contribution in [0.25, 0.3) is 6.08 Å². The van der Waals surface area contributed by atoms with E-state index in [0.717, 1.165) is 5.56 Å². The molecule has 0 aliphatic rings. The van der Waals surface area contributed by atoms with Crippen LogP contribution in [0.5, 0.6) is 5.75 Å². The number of rotatable bonds is 9. The van der Waals surface area contributed by atoms with Crippen LogP contribution in [0.4, 0.5) is 0 Å². The molecule has 0 fully saturated rings. The van der Waals surface area contributed by atoms with Crippen molar-refractivity contribution in [2.75, 3.05) is 13.1 Å². The maximum Gasteiger partial charge on any atom is 0.339 e. The van der Waals surface area contributed by atoms with Crippen molar-refractivity contribution >= 4 is 28.0 Å². The normalized spacial score (nSPS) is 11.6. The Morgan fingerprint density at radius 1 is 0.886 bits per heavy atom. The fourth-order valence-electron chi connectivity index (χ4n) is 3.28. The van der Waals surface area contributed by atoms with E-state index in [2.05, 4.69) is 5.32 Å². The Balaban J connectivity index is 1.84. The topological polar surface area (TPSA) is 92.8 Å². The predicted molar refractivity (Wildman–Crippen MR) is 135 cm³/mol. The zero-order chi connectivity index (χ0) is 25.4. The molecular weight excluding hydrogens is 464 g/mol. The lowest BCUT2D eigenvalue weighted by Crippen LogP contribution is -2.38. The molecule has 0 radical (unpaired) electrons. The van der Waals surface area contributed by atoms with E-state index in [0.29, 0.717) is 24.2 Å². The van der Waals surface area contributed by atoms with Gasteiger partial charge < -0.3 is 14.4 Å². The van der Waals surface area contributed by atoms with Crippen molar-refractivity contribution in [1.29, 1.82) is 0 Å². The zero-order valence-electron chi connectivity index (χ0n) is 19.9. The second kappa shape index (κ2) is 11.5. The highest BCUT2D eigenvalue weighted by molar-refractivity contribution is 7.87. The summed E-state index contributed by atoms with van der Waals surface area (Å²) in [6.45, 7) is 6.55. The van der Waals surface area contributed by atoms with Crippen LogP contribution in [0, 0.1) is 6.92 Å². The van der Waals surface area contributed by atoms with Gasteiger partial charge in [0.15, 0.2) is 0 Å². The Hall–Kier alpha value is -3.91. The van der Waals surface area contributed by atoms with E-state index in [9.17, 15) is 18.0 Å². The van der Waals surface area contributed by atoms with Crippen molar-refractivity contribution in [3.8, 4) is 5.75 Å². The smallest absolute Gasteiger partial charge is 0.339 e. The maximum absolute atomic E-state index is 13.1. The summed E-state index contributed by atoms with van der Waals surface area (Å²) >= 11 is 0. The number of carbonyl (C=O) groups excluding carboxylic acids is 2. The summed E-state index contributed by atoms with van der Waals surface area (Å²) in [5.74, 6) is -0.587. The lowest BCUT2D eigenvalue weighted by molar-refractivity contribution is -0.127. The minimum absolute atomic E-state index is 0.0582. The molecule has 0 atom stereocenters. The van der Waals surface area contributed by atoms with Crippen molar-refractivity contribution in [2.45, 2.75) is 25.7 Å². The average molecular weight is 493 g/mol. The van der Waals surface area contributed by atoms with Crippen LogP contribution < -0.4 is 9.50 Å². The molecule has 0 heterocycles. The lowest BCUT2D eigenvalue weighted by atomic mass is 10.1. The molecule has 0 aliphatic heterocycles. The van der Waals surface area contributed by atoms with E-state index in [4.69, 9.17) is 4.18 Å². The average Bonchev–Trinajstić information content (AvgIpc) is 2.86. The Morgan fingerprint density at radius 3 is 2.06 bits per heavy atom. The quantitative estimate of drug-likeness (QED) is 0.353. The number of hydrogen-bond acceptors (Lipinski definition) is 5. The van der Waals surface area contributed by atoms with Gasteiger partial charge in [0.05, 0.1) is 0 Å². The third-order valence-electron chi connectivity index (χ3n) is 5.27. The minimum Gasteiger partial charge on any atom is -0.379 e. The van der Waals surface area contributed by atoms with Crippen LogP contribution in [0.3, 0.4) is 0 Å². The van der Waals surface area contributed by atoms with Crippen LogP contribution in [0.15, 0.2) is 89.5 Å². The Morgan fingerprint density at radius 2 is 1.49 bits per heavy atom. The Bertz CT molecular complexity index is 1300. The number of hydrogen-bond donors (Lipinski definition) is 1. The van der Waals surface area contributed by atoms with Crippen molar-refractivity contribution < 1.29 is 22.2 Å². The molecule has 0 saturated heterocycles. The fraction of sp³-hybridized carbons (Fsp3) is 0.185. The molecule has 2 amide bonds. The predicted octanol–water partition coefficient (Wildman–Crippen LogP) is 4.40. The first-order valence-electron chi connectivity index (χ1n) is 11.2. The highest BCUT2D eigenvalue weighted by Crippen LogP contribution is 2.21. The van der Waals surface area contributed by atoms with Crippen LogP contribution in [-0.4, -0.2) is 38.2 Å². The van der Waals surface area contributed by atoms with Gasteiger partial charge in [0.25, 0.3) is 11.8 Å². The van der Waals surface area contributed by atoms with Crippen molar-refractivity contribution in [1.82, 2.24) is 10.2 Å². The number of aryl methyl sites for hydroxylation is 1. The number of likely N-dealkylation sites (N-methyl/N-ethyl adjacent to an activating group) is 1. The Labute approximate surface area is 206 Å². The third kappa shape index (κ3) is 6.80. The van der Waals surface area contributed by atoms with Gasteiger partial charge in [-0.3, -0.25) is 9.59 Å². The summed E-state index contributed by atoms with van der Waals surface area (Å²) in [5, 5.41) is 2.71. The second-order valence-corrected chi connectivity index (χ2v) is 9.32.